The number of halogens is 8. The number of ether oxygens (including phenoxy) is 2. The van der Waals surface area contributed by atoms with Gasteiger partial charge in [-0.1, -0.05) is 31.9 Å². The van der Waals surface area contributed by atoms with Gasteiger partial charge in [-0.05, 0) is 36.4 Å². The molecule has 2 aromatic rings. The summed E-state index contributed by atoms with van der Waals surface area (Å²) in [5, 5.41) is -0.0188. The lowest BCUT2D eigenvalue weighted by molar-refractivity contribution is -0.275. The van der Waals surface area contributed by atoms with Gasteiger partial charge in [0.25, 0.3) is 0 Å². The van der Waals surface area contributed by atoms with Crippen molar-refractivity contribution in [2.75, 3.05) is 0 Å². The fraction of sp³-hybridized carbons (Fsp3) is 0.235. The van der Waals surface area contributed by atoms with Crippen molar-refractivity contribution in [3.63, 3.8) is 0 Å². The maximum Gasteiger partial charge on any atom is 0.573 e. The van der Waals surface area contributed by atoms with Gasteiger partial charge >= 0.3 is 12.7 Å². The second kappa shape index (κ2) is 8.73. The van der Waals surface area contributed by atoms with Gasteiger partial charge < -0.3 is 9.47 Å². The van der Waals surface area contributed by atoms with Crippen LogP contribution in [0.5, 0.6) is 11.5 Å². The van der Waals surface area contributed by atoms with Gasteiger partial charge in [-0.3, -0.25) is 4.79 Å². The van der Waals surface area contributed by atoms with E-state index >= 15 is 0 Å². The van der Waals surface area contributed by atoms with Crippen molar-refractivity contribution in [1.82, 2.24) is 0 Å². The molecule has 0 unspecified atom stereocenters. The van der Waals surface area contributed by atoms with E-state index in [4.69, 9.17) is 0 Å². The number of carbonyl (C=O) groups excluding carboxylic acids is 1. The summed E-state index contributed by atoms with van der Waals surface area (Å²) in [5.41, 5.74) is 0.268. The molecule has 0 fully saturated rings. The largest absolute Gasteiger partial charge is 0.573 e. The van der Waals surface area contributed by atoms with Gasteiger partial charge in [-0.25, -0.2) is 0 Å². The van der Waals surface area contributed by atoms with Crippen LogP contribution in [0.1, 0.15) is 27.0 Å². The molecule has 0 amide bonds. The maximum absolute atomic E-state index is 12.6. The molecule has 0 aliphatic carbocycles. The van der Waals surface area contributed by atoms with Crippen LogP contribution in [0, 0.1) is 0 Å². The lowest BCUT2D eigenvalue weighted by atomic mass is 9.99. The minimum Gasteiger partial charge on any atom is -0.405 e. The number of alkyl halides is 8. The molecule has 28 heavy (non-hydrogen) atoms. The molecular weight excluding hydrogens is 526 g/mol. The summed E-state index contributed by atoms with van der Waals surface area (Å²) in [4.78, 5) is 12.6. The second-order valence-corrected chi connectivity index (χ2v) is 6.46. The zero-order chi connectivity index (χ0) is 21.1. The van der Waals surface area contributed by atoms with E-state index in [1.54, 1.807) is 0 Å². The number of hydrogen-bond acceptors (Lipinski definition) is 3. The van der Waals surface area contributed by atoms with Crippen LogP contribution in [-0.4, -0.2) is 18.5 Å². The van der Waals surface area contributed by atoms with E-state index in [1.165, 1.54) is 12.1 Å². The van der Waals surface area contributed by atoms with E-state index in [2.05, 4.69) is 41.3 Å². The molecule has 2 rings (SSSR count). The predicted octanol–water partition coefficient (Wildman–Crippen LogP) is 6.50. The number of rotatable bonds is 6. The molecule has 11 heteroatoms. The summed E-state index contributed by atoms with van der Waals surface area (Å²) < 4.78 is 82.3. The Morgan fingerprint density at radius 2 is 1.11 bits per heavy atom. The zero-order valence-corrected chi connectivity index (χ0v) is 16.8. The smallest absolute Gasteiger partial charge is 0.405 e. The molecule has 0 heterocycles. The average Bonchev–Trinajstić information content (AvgIpc) is 2.59. The minimum absolute atomic E-state index is 0.00938. The summed E-state index contributed by atoms with van der Waals surface area (Å²) in [6, 6.07) is 6.72. The second-order valence-electron chi connectivity index (χ2n) is 5.34. The van der Waals surface area contributed by atoms with E-state index in [1.807, 2.05) is 0 Å². The normalized spacial score (nSPS) is 12.0. The van der Waals surface area contributed by atoms with Crippen molar-refractivity contribution in [2.45, 2.75) is 23.4 Å². The molecule has 0 N–H and O–H groups in total. The first-order valence-corrected chi connectivity index (χ1v) is 9.62. The Balaban J connectivity index is 2.35. The Labute approximate surface area is 171 Å². The average molecular weight is 536 g/mol. The topological polar surface area (TPSA) is 35.5 Å². The van der Waals surface area contributed by atoms with E-state index in [0.717, 1.165) is 24.3 Å². The molecule has 152 valence electrons. The Kier molecular flexibility index (Phi) is 7.02. The molecule has 0 atom stereocenters. The minimum atomic E-state index is -4.89. The fourth-order valence-electron chi connectivity index (χ4n) is 2.27. The van der Waals surface area contributed by atoms with Gasteiger partial charge in [0.05, 0.1) is 0 Å². The van der Waals surface area contributed by atoms with Crippen molar-refractivity contribution in [3.05, 3.63) is 58.7 Å². The standard InChI is InChI=1S/C17H10Br2F6O3/c18-7-11-5-9(1-3-13(11)27-16(20,21)22)15(26)10-2-4-14(12(6-10)8-19)28-17(23,24)25/h1-6H,7-8H2. The summed E-state index contributed by atoms with van der Waals surface area (Å²) in [6.45, 7) is 0. The SMILES string of the molecule is O=C(c1ccc(OC(F)(F)F)c(CBr)c1)c1ccc(OC(F)(F)F)c(CBr)c1. The Bertz CT molecular complexity index is 795. The number of benzene rings is 2. The quantitative estimate of drug-likeness (QED) is 0.240. The lowest BCUT2D eigenvalue weighted by Gasteiger charge is -2.14. The van der Waals surface area contributed by atoms with Gasteiger partial charge in [0.2, 0.25) is 0 Å². The van der Waals surface area contributed by atoms with Crippen LogP contribution in [0.25, 0.3) is 0 Å². The first kappa shape index (κ1) is 22.5. The highest BCUT2D eigenvalue weighted by atomic mass is 79.9. The van der Waals surface area contributed by atoms with Crippen LogP contribution in [0.4, 0.5) is 26.3 Å². The third-order valence-electron chi connectivity index (χ3n) is 3.38. The predicted molar refractivity (Wildman–Crippen MR) is 94.9 cm³/mol. The molecule has 0 radical (unpaired) electrons. The number of hydrogen-bond donors (Lipinski definition) is 0. The molecule has 0 bridgehead atoms. The zero-order valence-electron chi connectivity index (χ0n) is 13.6. The maximum atomic E-state index is 12.6. The Morgan fingerprint density at radius 1 is 0.750 bits per heavy atom. The van der Waals surface area contributed by atoms with E-state index in [0.29, 0.717) is 0 Å². The number of ketones is 1. The third kappa shape index (κ3) is 6.13. The summed E-state index contributed by atoms with van der Waals surface area (Å²) in [5.74, 6) is -1.51. The van der Waals surface area contributed by atoms with Crippen molar-refractivity contribution >= 4 is 37.6 Å². The van der Waals surface area contributed by atoms with Crippen molar-refractivity contribution in [1.29, 1.82) is 0 Å². The first-order valence-electron chi connectivity index (χ1n) is 7.37. The third-order valence-corrected chi connectivity index (χ3v) is 4.59. The van der Waals surface area contributed by atoms with Gasteiger partial charge in [0.15, 0.2) is 5.78 Å². The Morgan fingerprint density at radius 3 is 1.39 bits per heavy atom. The lowest BCUT2D eigenvalue weighted by Crippen LogP contribution is -2.18. The highest BCUT2D eigenvalue weighted by Crippen LogP contribution is 2.31. The molecule has 0 spiro atoms. The van der Waals surface area contributed by atoms with Crippen molar-refractivity contribution < 1.29 is 40.6 Å². The summed E-state index contributed by atoms with van der Waals surface area (Å²) in [6.07, 6.45) is -9.77. The van der Waals surface area contributed by atoms with Crippen molar-refractivity contribution in [3.8, 4) is 11.5 Å². The van der Waals surface area contributed by atoms with Crippen LogP contribution >= 0.6 is 31.9 Å². The van der Waals surface area contributed by atoms with Gasteiger partial charge in [0, 0.05) is 32.9 Å². The van der Waals surface area contributed by atoms with E-state index < -0.39 is 30.0 Å². The molecule has 0 aromatic heterocycles. The van der Waals surface area contributed by atoms with Crippen LogP contribution in [0.2, 0.25) is 0 Å². The van der Waals surface area contributed by atoms with Crippen LogP contribution in [0.3, 0.4) is 0 Å². The highest BCUT2D eigenvalue weighted by molar-refractivity contribution is 9.08. The monoisotopic (exact) mass is 534 g/mol. The van der Waals surface area contributed by atoms with Gasteiger partial charge in [0.1, 0.15) is 11.5 Å². The Hall–Kier alpha value is -1.75. The molecule has 0 saturated carbocycles. The fourth-order valence-corrected chi connectivity index (χ4v) is 3.14. The van der Waals surface area contributed by atoms with Crippen molar-refractivity contribution in [2.24, 2.45) is 0 Å². The highest BCUT2D eigenvalue weighted by Gasteiger charge is 2.33. The first-order chi connectivity index (χ1) is 12.9. The van der Waals surface area contributed by atoms with Crippen LogP contribution in [-0.2, 0) is 10.7 Å². The summed E-state index contributed by atoms with van der Waals surface area (Å²) >= 11 is 6.06. The van der Waals surface area contributed by atoms with Gasteiger partial charge in [-0.2, -0.15) is 0 Å². The summed E-state index contributed by atoms with van der Waals surface area (Å²) in [7, 11) is 0. The van der Waals surface area contributed by atoms with Crippen LogP contribution in [0.15, 0.2) is 36.4 Å². The van der Waals surface area contributed by atoms with Crippen LogP contribution < -0.4 is 9.47 Å². The molecule has 0 aliphatic rings. The molecule has 3 nitrogen and oxygen atoms in total. The number of carbonyl (C=O) groups is 1. The van der Waals surface area contributed by atoms with E-state index in [9.17, 15) is 31.1 Å². The molecule has 0 aliphatic heterocycles. The van der Waals surface area contributed by atoms with Gasteiger partial charge in [-0.15, -0.1) is 26.3 Å². The molecular formula is C17H10Br2F6O3. The molecule has 2 aromatic carbocycles. The van der Waals surface area contributed by atoms with E-state index in [-0.39, 0.29) is 32.9 Å². The molecule has 0 saturated heterocycles.